The van der Waals surface area contributed by atoms with Crippen molar-refractivity contribution in [2.45, 2.75) is 31.7 Å². The zero-order valence-electron chi connectivity index (χ0n) is 11.1. The SMILES string of the molecule is CC1(C)Oc2c(cc([N+](=O)[O-])c3ccccc23)C2OC21. The molecule has 2 unspecified atom stereocenters. The monoisotopic (exact) mass is 271 g/mol. The average Bonchev–Trinajstić information content (AvgIpc) is 3.19. The first-order chi connectivity index (χ1) is 9.49. The quantitative estimate of drug-likeness (QED) is 0.453. The molecule has 0 radical (unpaired) electrons. The molecule has 20 heavy (non-hydrogen) atoms. The fraction of sp³-hybridized carbons (Fsp3) is 0.333. The first kappa shape index (κ1) is 11.7. The molecular weight excluding hydrogens is 258 g/mol. The summed E-state index contributed by atoms with van der Waals surface area (Å²) in [5.41, 5.74) is 0.493. The van der Waals surface area contributed by atoms with Crippen LogP contribution in [0.1, 0.15) is 25.5 Å². The van der Waals surface area contributed by atoms with E-state index in [0.29, 0.717) is 5.39 Å². The van der Waals surface area contributed by atoms with E-state index < -0.39 is 5.60 Å². The van der Waals surface area contributed by atoms with Crippen LogP contribution in [-0.2, 0) is 4.74 Å². The van der Waals surface area contributed by atoms with Gasteiger partial charge in [-0.3, -0.25) is 10.1 Å². The lowest BCUT2D eigenvalue weighted by molar-refractivity contribution is -0.383. The standard InChI is InChI=1S/C15H13NO4/c1-15(2)14-13(19-14)10-7-11(16(17)18)8-5-3-4-6-9(8)12(10)20-15/h3-7,13-14H,1-2H3. The van der Waals surface area contributed by atoms with Crippen LogP contribution in [-0.4, -0.2) is 16.6 Å². The molecule has 0 spiro atoms. The molecule has 102 valence electrons. The summed E-state index contributed by atoms with van der Waals surface area (Å²) in [7, 11) is 0. The number of nitro groups is 1. The highest BCUT2D eigenvalue weighted by Gasteiger charge is 2.57. The normalized spacial score (nSPS) is 25.5. The van der Waals surface area contributed by atoms with Crippen LogP contribution in [0, 0.1) is 10.1 Å². The van der Waals surface area contributed by atoms with Crippen molar-refractivity contribution in [3.8, 4) is 5.75 Å². The van der Waals surface area contributed by atoms with Crippen molar-refractivity contribution >= 4 is 16.5 Å². The average molecular weight is 271 g/mol. The Morgan fingerprint density at radius 1 is 1.25 bits per heavy atom. The van der Waals surface area contributed by atoms with E-state index in [4.69, 9.17) is 9.47 Å². The van der Waals surface area contributed by atoms with E-state index in [0.717, 1.165) is 16.7 Å². The number of nitrogens with zero attached hydrogens (tertiary/aromatic N) is 1. The Morgan fingerprint density at radius 3 is 2.65 bits per heavy atom. The second-order valence-electron chi connectivity index (χ2n) is 5.80. The van der Waals surface area contributed by atoms with Gasteiger partial charge >= 0.3 is 0 Å². The molecule has 0 amide bonds. The summed E-state index contributed by atoms with van der Waals surface area (Å²) >= 11 is 0. The minimum atomic E-state index is -0.406. The molecule has 0 aromatic heterocycles. The summed E-state index contributed by atoms with van der Waals surface area (Å²) in [6.45, 7) is 3.97. The zero-order valence-corrected chi connectivity index (χ0v) is 11.1. The lowest BCUT2D eigenvalue weighted by Gasteiger charge is -2.30. The second kappa shape index (κ2) is 3.49. The zero-order chi connectivity index (χ0) is 14.1. The smallest absolute Gasteiger partial charge is 0.277 e. The molecule has 2 aliphatic rings. The Bertz CT molecular complexity index is 753. The molecule has 0 saturated carbocycles. The molecule has 4 rings (SSSR count). The Hall–Kier alpha value is -2.14. The lowest BCUT2D eigenvalue weighted by atomic mass is 9.91. The van der Waals surface area contributed by atoms with Gasteiger partial charge in [-0.2, -0.15) is 0 Å². The van der Waals surface area contributed by atoms with Crippen LogP contribution in [0.2, 0.25) is 0 Å². The molecule has 2 aromatic carbocycles. The maximum atomic E-state index is 11.3. The summed E-state index contributed by atoms with van der Waals surface area (Å²) in [5, 5.41) is 12.7. The van der Waals surface area contributed by atoms with E-state index in [9.17, 15) is 10.1 Å². The van der Waals surface area contributed by atoms with Crippen molar-refractivity contribution < 1.29 is 14.4 Å². The minimum absolute atomic E-state index is 0.0178. The van der Waals surface area contributed by atoms with Crippen LogP contribution >= 0.6 is 0 Å². The molecule has 1 fully saturated rings. The topological polar surface area (TPSA) is 64.9 Å². The minimum Gasteiger partial charge on any atom is -0.484 e. The van der Waals surface area contributed by atoms with Crippen LogP contribution in [0.4, 0.5) is 5.69 Å². The third-order valence-electron chi connectivity index (χ3n) is 4.05. The molecule has 5 nitrogen and oxygen atoms in total. The summed E-state index contributed by atoms with van der Waals surface area (Å²) in [5.74, 6) is 0.718. The van der Waals surface area contributed by atoms with Gasteiger partial charge in [0.15, 0.2) is 0 Å². The summed E-state index contributed by atoms with van der Waals surface area (Å²) in [6.07, 6.45) is -0.104. The number of epoxide rings is 1. The first-order valence-corrected chi connectivity index (χ1v) is 6.53. The number of hydrogen-bond donors (Lipinski definition) is 0. The first-order valence-electron chi connectivity index (χ1n) is 6.53. The largest absolute Gasteiger partial charge is 0.484 e. The number of benzene rings is 2. The fourth-order valence-electron chi connectivity index (χ4n) is 3.03. The number of rotatable bonds is 1. The fourth-order valence-corrected chi connectivity index (χ4v) is 3.03. The summed E-state index contributed by atoms with van der Waals surface area (Å²) in [6, 6.07) is 8.87. The van der Waals surface area contributed by atoms with Gasteiger partial charge < -0.3 is 9.47 Å². The predicted octanol–water partition coefficient (Wildman–Crippen LogP) is 3.36. The van der Waals surface area contributed by atoms with Gasteiger partial charge in [0, 0.05) is 17.0 Å². The Morgan fingerprint density at radius 2 is 1.95 bits per heavy atom. The van der Waals surface area contributed by atoms with Gasteiger partial charge in [0.25, 0.3) is 5.69 Å². The Kier molecular flexibility index (Phi) is 2.04. The van der Waals surface area contributed by atoms with Crippen LogP contribution in [0.5, 0.6) is 5.75 Å². The van der Waals surface area contributed by atoms with Crippen LogP contribution < -0.4 is 4.74 Å². The highest BCUT2D eigenvalue weighted by molar-refractivity contribution is 5.97. The molecule has 0 aliphatic carbocycles. The number of hydrogen-bond acceptors (Lipinski definition) is 4. The van der Waals surface area contributed by atoms with Gasteiger partial charge in [-0.25, -0.2) is 0 Å². The molecule has 0 bridgehead atoms. The highest BCUT2D eigenvalue weighted by Crippen LogP contribution is 2.56. The highest BCUT2D eigenvalue weighted by atomic mass is 16.6. The molecule has 2 heterocycles. The molecule has 2 atom stereocenters. The van der Waals surface area contributed by atoms with Crippen molar-refractivity contribution in [2.24, 2.45) is 0 Å². The van der Waals surface area contributed by atoms with E-state index in [1.54, 1.807) is 18.2 Å². The van der Waals surface area contributed by atoms with Crippen molar-refractivity contribution in [1.29, 1.82) is 0 Å². The van der Waals surface area contributed by atoms with Gasteiger partial charge in [-0.05, 0) is 19.9 Å². The van der Waals surface area contributed by atoms with Crippen molar-refractivity contribution in [3.05, 3.63) is 46.0 Å². The third-order valence-corrected chi connectivity index (χ3v) is 4.05. The van der Waals surface area contributed by atoms with Gasteiger partial charge in [0.1, 0.15) is 23.6 Å². The lowest BCUT2D eigenvalue weighted by Crippen LogP contribution is -2.37. The summed E-state index contributed by atoms with van der Waals surface area (Å²) < 4.78 is 11.7. The Labute approximate surface area is 115 Å². The summed E-state index contributed by atoms with van der Waals surface area (Å²) in [4.78, 5) is 10.9. The van der Waals surface area contributed by atoms with Gasteiger partial charge in [0.05, 0.1) is 10.3 Å². The van der Waals surface area contributed by atoms with Crippen molar-refractivity contribution in [2.75, 3.05) is 0 Å². The Balaban J connectivity index is 2.06. The molecule has 2 aliphatic heterocycles. The van der Waals surface area contributed by atoms with Gasteiger partial charge in [-0.1, -0.05) is 18.2 Å². The molecule has 0 N–H and O–H groups in total. The van der Waals surface area contributed by atoms with Crippen LogP contribution in [0.25, 0.3) is 10.8 Å². The number of ether oxygens (including phenoxy) is 2. The van der Waals surface area contributed by atoms with Gasteiger partial charge in [-0.15, -0.1) is 0 Å². The number of fused-ring (bicyclic) bond motifs is 5. The van der Waals surface area contributed by atoms with Crippen LogP contribution in [0.15, 0.2) is 30.3 Å². The van der Waals surface area contributed by atoms with E-state index in [-0.39, 0.29) is 22.8 Å². The van der Waals surface area contributed by atoms with E-state index in [1.807, 2.05) is 26.0 Å². The number of nitro benzene ring substituents is 1. The van der Waals surface area contributed by atoms with Crippen LogP contribution in [0.3, 0.4) is 0 Å². The second-order valence-corrected chi connectivity index (χ2v) is 5.80. The number of non-ortho nitro benzene ring substituents is 1. The van der Waals surface area contributed by atoms with Crippen molar-refractivity contribution in [3.63, 3.8) is 0 Å². The maximum absolute atomic E-state index is 11.3. The van der Waals surface area contributed by atoms with Crippen molar-refractivity contribution in [1.82, 2.24) is 0 Å². The third kappa shape index (κ3) is 1.41. The molecule has 5 heteroatoms. The van der Waals surface area contributed by atoms with E-state index in [1.165, 1.54) is 0 Å². The predicted molar refractivity (Wildman–Crippen MR) is 72.9 cm³/mol. The molecular formula is C15H13NO4. The van der Waals surface area contributed by atoms with E-state index >= 15 is 0 Å². The molecule has 2 aromatic rings. The van der Waals surface area contributed by atoms with Gasteiger partial charge in [0.2, 0.25) is 0 Å². The molecule has 1 saturated heterocycles. The van der Waals surface area contributed by atoms with E-state index in [2.05, 4.69) is 0 Å². The maximum Gasteiger partial charge on any atom is 0.277 e.